The first-order chi connectivity index (χ1) is 7.63. The van der Waals surface area contributed by atoms with Gasteiger partial charge in [0.1, 0.15) is 11.6 Å². The fourth-order valence-electron chi connectivity index (χ4n) is 0.829. The van der Waals surface area contributed by atoms with Gasteiger partial charge in [-0.3, -0.25) is 0 Å². The molecule has 86 valence electrons. The highest BCUT2D eigenvalue weighted by atomic mass is 35.5. The van der Waals surface area contributed by atoms with Gasteiger partial charge in [0.25, 0.3) is 0 Å². The molecule has 0 saturated heterocycles. The number of nitrogens with zero attached hydrogens (tertiary/aromatic N) is 1. The first-order valence-electron chi connectivity index (χ1n) is 4.34. The highest BCUT2D eigenvalue weighted by molar-refractivity contribution is 6.35. The second-order valence-corrected chi connectivity index (χ2v) is 3.54. The molecule has 0 aliphatic carbocycles. The van der Waals surface area contributed by atoms with Crippen molar-refractivity contribution < 1.29 is 14.3 Å². The molecule has 0 N–H and O–H groups in total. The molecule has 0 radical (unpaired) electrons. The van der Waals surface area contributed by atoms with E-state index < -0.39 is 5.97 Å². The van der Waals surface area contributed by atoms with Crippen LogP contribution in [0.4, 0.5) is 0 Å². The van der Waals surface area contributed by atoms with Crippen molar-refractivity contribution >= 4 is 29.2 Å². The van der Waals surface area contributed by atoms with E-state index in [2.05, 4.69) is 11.6 Å². The van der Waals surface area contributed by atoms with Crippen molar-refractivity contribution in [2.45, 2.75) is 0 Å². The van der Waals surface area contributed by atoms with Crippen LogP contribution in [0.3, 0.4) is 0 Å². The van der Waals surface area contributed by atoms with Crippen LogP contribution >= 0.6 is 23.2 Å². The number of ether oxygens (including phenoxy) is 2. The van der Waals surface area contributed by atoms with Gasteiger partial charge in [0.2, 0.25) is 5.88 Å². The van der Waals surface area contributed by atoms with Crippen LogP contribution in [-0.4, -0.2) is 24.2 Å². The highest BCUT2D eigenvalue weighted by Gasteiger charge is 2.08. The summed E-state index contributed by atoms with van der Waals surface area (Å²) in [5, 5.41) is 0.635. The van der Waals surface area contributed by atoms with Gasteiger partial charge in [0.05, 0.1) is 5.02 Å². The largest absolute Gasteiger partial charge is 0.465 e. The van der Waals surface area contributed by atoms with Crippen molar-refractivity contribution in [3.05, 3.63) is 35.0 Å². The van der Waals surface area contributed by atoms with Crippen LogP contribution in [0.5, 0.6) is 5.88 Å². The Hall–Kier alpha value is -1.26. The molecule has 0 spiro atoms. The molecule has 0 atom stereocenters. The highest BCUT2D eigenvalue weighted by Crippen LogP contribution is 2.24. The van der Waals surface area contributed by atoms with Crippen LogP contribution in [0, 0.1) is 0 Å². The summed E-state index contributed by atoms with van der Waals surface area (Å²) in [6, 6.07) is 1.47. The molecule has 0 aromatic carbocycles. The number of carbonyl (C=O) groups excluding carboxylic acids is 1. The first kappa shape index (κ1) is 12.8. The lowest BCUT2D eigenvalue weighted by Gasteiger charge is -2.06. The molecule has 0 amide bonds. The predicted molar refractivity (Wildman–Crippen MR) is 60.9 cm³/mol. The minimum Gasteiger partial charge on any atom is -0.465 e. The van der Waals surface area contributed by atoms with E-state index in [-0.39, 0.29) is 24.1 Å². The Balaban J connectivity index is 2.48. The predicted octanol–water partition coefficient (Wildman–Crippen LogP) is 2.50. The molecule has 16 heavy (non-hydrogen) atoms. The molecule has 1 rings (SSSR count). The lowest BCUT2D eigenvalue weighted by atomic mass is 10.5. The van der Waals surface area contributed by atoms with Crippen molar-refractivity contribution in [2.75, 3.05) is 13.2 Å². The standard InChI is InChI=1S/C10H9Cl2NO3/c1-2-3-15-9(14)6-16-10-8(12)4-7(11)5-13-10/h2,4-5H,1,3,6H2. The molecule has 0 saturated carbocycles. The SMILES string of the molecule is C=CCOC(=O)COc1ncc(Cl)cc1Cl. The van der Waals surface area contributed by atoms with E-state index in [4.69, 9.17) is 32.7 Å². The number of aromatic nitrogens is 1. The first-order valence-corrected chi connectivity index (χ1v) is 5.09. The number of pyridine rings is 1. The van der Waals surface area contributed by atoms with Gasteiger partial charge in [-0.1, -0.05) is 35.9 Å². The Morgan fingerprint density at radius 2 is 2.31 bits per heavy atom. The number of halogens is 2. The minimum absolute atomic E-state index is 0.140. The van der Waals surface area contributed by atoms with Crippen LogP contribution in [0.2, 0.25) is 10.0 Å². The van der Waals surface area contributed by atoms with E-state index >= 15 is 0 Å². The van der Waals surface area contributed by atoms with Crippen molar-refractivity contribution in [3.8, 4) is 5.88 Å². The topological polar surface area (TPSA) is 48.4 Å². The molecule has 0 fully saturated rings. The van der Waals surface area contributed by atoms with Gasteiger partial charge in [0.15, 0.2) is 6.61 Å². The average Bonchev–Trinajstić information content (AvgIpc) is 2.25. The molecule has 4 nitrogen and oxygen atoms in total. The summed E-state index contributed by atoms with van der Waals surface area (Å²) >= 11 is 11.4. The fraction of sp³-hybridized carbons (Fsp3) is 0.200. The molecule has 0 aliphatic heterocycles. The van der Waals surface area contributed by atoms with Gasteiger partial charge in [-0.15, -0.1) is 0 Å². The molecule has 0 unspecified atom stereocenters. The Labute approximate surface area is 103 Å². The normalized spacial score (nSPS) is 9.62. The number of hydrogen-bond acceptors (Lipinski definition) is 4. The third-order valence-corrected chi connectivity index (χ3v) is 1.94. The second kappa shape index (κ2) is 6.35. The minimum atomic E-state index is -0.521. The van der Waals surface area contributed by atoms with E-state index in [9.17, 15) is 4.79 Å². The van der Waals surface area contributed by atoms with E-state index in [1.807, 2.05) is 0 Å². The molecule has 1 aromatic rings. The van der Waals surface area contributed by atoms with Crippen molar-refractivity contribution in [3.63, 3.8) is 0 Å². The number of rotatable bonds is 5. The van der Waals surface area contributed by atoms with Crippen LogP contribution in [-0.2, 0) is 9.53 Å². The van der Waals surface area contributed by atoms with Gasteiger partial charge in [-0.25, -0.2) is 9.78 Å². The van der Waals surface area contributed by atoms with Gasteiger partial charge in [0, 0.05) is 6.20 Å². The van der Waals surface area contributed by atoms with Crippen molar-refractivity contribution in [1.82, 2.24) is 4.98 Å². The maximum absolute atomic E-state index is 11.1. The van der Waals surface area contributed by atoms with Gasteiger partial charge >= 0.3 is 5.97 Å². The second-order valence-electron chi connectivity index (χ2n) is 2.70. The summed E-state index contributed by atoms with van der Waals surface area (Å²) in [4.78, 5) is 14.9. The summed E-state index contributed by atoms with van der Waals surface area (Å²) < 4.78 is 9.74. The third kappa shape index (κ3) is 4.08. The fourth-order valence-corrected chi connectivity index (χ4v) is 1.26. The zero-order valence-corrected chi connectivity index (χ0v) is 9.79. The summed E-state index contributed by atoms with van der Waals surface area (Å²) in [5.74, 6) is -0.380. The van der Waals surface area contributed by atoms with E-state index in [1.165, 1.54) is 18.3 Å². The van der Waals surface area contributed by atoms with E-state index in [1.54, 1.807) is 0 Å². The molecular weight excluding hydrogens is 253 g/mol. The maximum Gasteiger partial charge on any atom is 0.344 e. The molecule has 1 aromatic heterocycles. The summed E-state index contributed by atoms with van der Waals surface area (Å²) in [6.45, 7) is 3.29. The van der Waals surface area contributed by atoms with Crippen molar-refractivity contribution in [2.24, 2.45) is 0 Å². The average molecular weight is 262 g/mol. The monoisotopic (exact) mass is 261 g/mol. The molecule has 0 bridgehead atoms. The number of hydrogen-bond donors (Lipinski definition) is 0. The lowest BCUT2D eigenvalue weighted by molar-refractivity contribution is -0.144. The van der Waals surface area contributed by atoms with Gasteiger partial charge < -0.3 is 9.47 Å². The van der Waals surface area contributed by atoms with Crippen molar-refractivity contribution in [1.29, 1.82) is 0 Å². The number of esters is 1. The van der Waals surface area contributed by atoms with Gasteiger partial charge in [-0.2, -0.15) is 0 Å². The molecule has 1 heterocycles. The zero-order chi connectivity index (χ0) is 12.0. The summed E-state index contributed by atoms with van der Waals surface area (Å²) in [5.41, 5.74) is 0. The molecular formula is C10H9Cl2NO3. The lowest BCUT2D eigenvalue weighted by Crippen LogP contribution is -2.15. The quantitative estimate of drug-likeness (QED) is 0.604. The maximum atomic E-state index is 11.1. The number of carbonyl (C=O) groups is 1. The van der Waals surface area contributed by atoms with Crippen LogP contribution in [0.25, 0.3) is 0 Å². The Morgan fingerprint density at radius 3 is 2.94 bits per heavy atom. The smallest absolute Gasteiger partial charge is 0.344 e. The van der Waals surface area contributed by atoms with E-state index in [0.717, 1.165) is 0 Å². The summed E-state index contributed by atoms with van der Waals surface area (Å²) in [6.07, 6.45) is 2.84. The van der Waals surface area contributed by atoms with Gasteiger partial charge in [-0.05, 0) is 6.07 Å². The Morgan fingerprint density at radius 1 is 1.56 bits per heavy atom. The Bertz CT molecular complexity index is 396. The third-order valence-electron chi connectivity index (χ3n) is 1.46. The zero-order valence-electron chi connectivity index (χ0n) is 8.28. The Kier molecular flexibility index (Phi) is 5.08. The van der Waals surface area contributed by atoms with E-state index in [0.29, 0.717) is 5.02 Å². The van der Waals surface area contributed by atoms with Crippen LogP contribution in [0.1, 0.15) is 0 Å². The molecule has 6 heteroatoms. The van der Waals surface area contributed by atoms with Crippen LogP contribution < -0.4 is 4.74 Å². The molecule has 0 aliphatic rings. The summed E-state index contributed by atoms with van der Waals surface area (Å²) in [7, 11) is 0. The van der Waals surface area contributed by atoms with Crippen LogP contribution in [0.15, 0.2) is 24.9 Å².